The van der Waals surface area contributed by atoms with Crippen LogP contribution in [0.3, 0.4) is 0 Å². The van der Waals surface area contributed by atoms with E-state index in [-0.39, 0.29) is 5.91 Å². The van der Waals surface area contributed by atoms with E-state index in [4.69, 9.17) is 0 Å². The van der Waals surface area contributed by atoms with Gasteiger partial charge in [0.2, 0.25) is 5.91 Å². The number of carbonyl (C=O) groups excluding carboxylic acids is 1. The van der Waals surface area contributed by atoms with E-state index in [2.05, 4.69) is 20.2 Å². The van der Waals surface area contributed by atoms with Crippen molar-refractivity contribution in [3.8, 4) is 0 Å². The normalized spacial score (nSPS) is 21.0. The fraction of sp³-hybridized carbons (Fsp3) is 0.389. The molecule has 1 saturated heterocycles. The summed E-state index contributed by atoms with van der Waals surface area (Å²) in [6.07, 6.45) is 3.63. The summed E-state index contributed by atoms with van der Waals surface area (Å²) in [6, 6.07) is 11.5. The molecule has 0 spiro atoms. The number of rotatable bonds is 3. The minimum atomic E-state index is -0.424. The molecule has 1 aromatic carbocycles. The van der Waals surface area contributed by atoms with E-state index in [1.165, 1.54) is 0 Å². The van der Waals surface area contributed by atoms with Crippen molar-refractivity contribution in [1.29, 1.82) is 0 Å². The molecule has 1 aliphatic heterocycles. The van der Waals surface area contributed by atoms with E-state index in [1.807, 2.05) is 50.2 Å². The average Bonchev–Trinajstić information content (AvgIpc) is 2.56. The number of nitrogens with one attached hydrogen (secondary N) is 1. The van der Waals surface area contributed by atoms with E-state index in [9.17, 15) is 4.79 Å². The van der Waals surface area contributed by atoms with Gasteiger partial charge >= 0.3 is 0 Å². The molecular formula is C18H22N4O. The molecule has 1 unspecified atom stereocenters. The molecule has 2 aromatic rings. The van der Waals surface area contributed by atoms with Gasteiger partial charge in [0, 0.05) is 25.0 Å². The second-order valence-electron chi connectivity index (χ2n) is 6.37. The minimum Gasteiger partial charge on any atom is -0.355 e. The molecule has 1 amide bonds. The Hall–Kier alpha value is -2.43. The summed E-state index contributed by atoms with van der Waals surface area (Å²) in [7, 11) is 0. The van der Waals surface area contributed by atoms with Crippen LogP contribution in [0, 0.1) is 12.3 Å². The van der Waals surface area contributed by atoms with Crippen LogP contribution in [0.2, 0.25) is 0 Å². The number of anilines is 2. The fourth-order valence-corrected chi connectivity index (χ4v) is 3.04. The lowest BCUT2D eigenvalue weighted by molar-refractivity contribution is -0.125. The zero-order valence-corrected chi connectivity index (χ0v) is 13.6. The van der Waals surface area contributed by atoms with Crippen LogP contribution in [0.4, 0.5) is 11.5 Å². The van der Waals surface area contributed by atoms with Crippen molar-refractivity contribution in [2.45, 2.75) is 26.7 Å². The molecule has 5 heteroatoms. The Bertz CT molecular complexity index is 688. The number of para-hydroxylation sites is 1. The van der Waals surface area contributed by atoms with Crippen LogP contribution in [-0.4, -0.2) is 29.0 Å². The maximum Gasteiger partial charge on any atom is 0.232 e. The molecule has 2 heterocycles. The van der Waals surface area contributed by atoms with E-state index in [0.717, 1.165) is 36.7 Å². The summed E-state index contributed by atoms with van der Waals surface area (Å²) in [5, 5.41) is 3.04. The van der Waals surface area contributed by atoms with Gasteiger partial charge in [-0.15, -0.1) is 0 Å². The topological polar surface area (TPSA) is 58.1 Å². The third-order valence-corrected chi connectivity index (χ3v) is 4.36. The van der Waals surface area contributed by atoms with Gasteiger partial charge in [-0.2, -0.15) is 0 Å². The molecule has 23 heavy (non-hydrogen) atoms. The molecule has 5 nitrogen and oxygen atoms in total. The Balaban J connectivity index is 1.74. The van der Waals surface area contributed by atoms with E-state index < -0.39 is 5.41 Å². The van der Waals surface area contributed by atoms with E-state index >= 15 is 0 Å². The zero-order valence-electron chi connectivity index (χ0n) is 13.6. The monoisotopic (exact) mass is 310 g/mol. The molecule has 1 fully saturated rings. The summed E-state index contributed by atoms with van der Waals surface area (Å²) in [6.45, 7) is 5.51. The fourth-order valence-electron chi connectivity index (χ4n) is 3.04. The summed E-state index contributed by atoms with van der Waals surface area (Å²) < 4.78 is 0. The summed E-state index contributed by atoms with van der Waals surface area (Å²) in [4.78, 5) is 23.6. The Morgan fingerprint density at radius 2 is 2.04 bits per heavy atom. The number of aromatic nitrogens is 2. The maximum atomic E-state index is 12.8. The third kappa shape index (κ3) is 3.50. The highest BCUT2D eigenvalue weighted by molar-refractivity contribution is 5.95. The summed E-state index contributed by atoms with van der Waals surface area (Å²) >= 11 is 0. The Morgan fingerprint density at radius 3 is 2.78 bits per heavy atom. The predicted octanol–water partition coefficient (Wildman–Crippen LogP) is 3.03. The molecule has 120 valence electrons. The van der Waals surface area contributed by atoms with Crippen molar-refractivity contribution in [3.63, 3.8) is 0 Å². The number of hydrogen-bond acceptors (Lipinski definition) is 4. The average molecular weight is 310 g/mol. The molecule has 1 aliphatic rings. The van der Waals surface area contributed by atoms with Crippen LogP contribution in [0.25, 0.3) is 0 Å². The van der Waals surface area contributed by atoms with Crippen molar-refractivity contribution >= 4 is 17.4 Å². The van der Waals surface area contributed by atoms with Gasteiger partial charge in [0.15, 0.2) is 0 Å². The van der Waals surface area contributed by atoms with Crippen molar-refractivity contribution in [3.05, 3.63) is 48.4 Å². The molecule has 0 saturated carbocycles. The van der Waals surface area contributed by atoms with Crippen molar-refractivity contribution in [1.82, 2.24) is 9.97 Å². The first-order valence-corrected chi connectivity index (χ1v) is 7.98. The molecule has 1 N–H and O–H groups in total. The van der Waals surface area contributed by atoms with Gasteiger partial charge in [-0.05, 0) is 44.9 Å². The first-order valence-electron chi connectivity index (χ1n) is 7.98. The number of benzene rings is 1. The standard InChI is InChI=1S/C18H22N4O/c1-14-19-11-9-16(20-14)22-12-6-10-18(2,13-22)17(23)21-15-7-4-3-5-8-15/h3-5,7-9,11H,6,10,12-13H2,1-2H3,(H,21,23). The van der Waals surface area contributed by atoms with Gasteiger partial charge in [0.1, 0.15) is 11.6 Å². The quantitative estimate of drug-likeness (QED) is 0.946. The van der Waals surface area contributed by atoms with Gasteiger partial charge in [0.25, 0.3) is 0 Å². The summed E-state index contributed by atoms with van der Waals surface area (Å²) in [5.74, 6) is 1.72. The summed E-state index contributed by atoms with van der Waals surface area (Å²) in [5.41, 5.74) is 0.418. The number of hydrogen-bond donors (Lipinski definition) is 1. The molecule has 3 rings (SSSR count). The lowest BCUT2D eigenvalue weighted by Gasteiger charge is -2.39. The highest BCUT2D eigenvalue weighted by atomic mass is 16.2. The van der Waals surface area contributed by atoms with E-state index in [0.29, 0.717) is 6.54 Å². The second-order valence-corrected chi connectivity index (χ2v) is 6.37. The highest BCUT2D eigenvalue weighted by Crippen LogP contribution is 2.32. The van der Waals surface area contributed by atoms with Crippen LogP contribution in [-0.2, 0) is 4.79 Å². The highest BCUT2D eigenvalue weighted by Gasteiger charge is 2.38. The van der Waals surface area contributed by atoms with Crippen LogP contribution in [0.5, 0.6) is 0 Å². The zero-order chi connectivity index (χ0) is 16.3. The van der Waals surface area contributed by atoms with Gasteiger partial charge in [-0.25, -0.2) is 9.97 Å². The molecular weight excluding hydrogens is 288 g/mol. The van der Waals surface area contributed by atoms with Crippen molar-refractivity contribution < 1.29 is 4.79 Å². The van der Waals surface area contributed by atoms with Crippen LogP contribution < -0.4 is 10.2 Å². The molecule has 0 aliphatic carbocycles. The van der Waals surface area contributed by atoms with E-state index in [1.54, 1.807) is 6.20 Å². The predicted molar refractivity (Wildman–Crippen MR) is 91.4 cm³/mol. The lowest BCUT2D eigenvalue weighted by atomic mass is 9.81. The molecule has 0 radical (unpaired) electrons. The number of aryl methyl sites for hydroxylation is 1. The van der Waals surface area contributed by atoms with Crippen molar-refractivity contribution in [2.24, 2.45) is 5.41 Å². The molecule has 1 atom stereocenters. The Morgan fingerprint density at radius 1 is 1.26 bits per heavy atom. The van der Waals surface area contributed by atoms with Crippen LogP contribution >= 0.6 is 0 Å². The SMILES string of the molecule is Cc1nccc(N2CCCC(C)(C(=O)Nc3ccccc3)C2)n1. The lowest BCUT2D eigenvalue weighted by Crippen LogP contribution is -2.48. The van der Waals surface area contributed by atoms with Gasteiger partial charge in [-0.1, -0.05) is 18.2 Å². The number of nitrogens with zero attached hydrogens (tertiary/aromatic N) is 3. The molecule has 0 bridgehead atoms. The van der Waals surface area contributed by atoms with Crippen LogP contribution in [0.1, 0.15) is 25.6 Å². The van der Waals surface area contributed by atoms with Crippen LogP contribution in [0.15, 0.2) is 42.6 Å². The first-order chi connectivity index (χ1) is 11.1. The molecule has 1 aromatic heterocycles. The van der Waals surface area contributed by atoms with Crippen molar-refractivity contribution in [2.75, 3.05) is 23.3 Å². The third-order valence-electron chi connectivity index (χ3n) is 4.36. The Labute approximate surface area is 136 Å². The van der Waals surface area contributed by atoms with Gasteiger partial charge < -0.3 is 10.2 Å². The number of carbonyl (C=O) groups is 1. The van der Waals surface area contributed by atoms with Gasteiger partial charge in [-0.3, -0.25) is 4.79 Å². The smallest absolute Gasteiger partial charge is 0.232 e. The van der Waals surface area contributed by atoms with Gasteiger partial charge in [0.05, 0.1) is 5.41 Å². The Kier molecular flexibility index (Phi) is 4.28. The second kappa shape index (κ2) is 6.36. The number of piperidine rings is 1. The first kappa shape index (κ1) is 15.5. The largest absolute Gasteiger partial charge is 0.355 e. The maximum absolute atomic E-state index is 12.8. The minimum absolute atomic E-state index is 0.0687. The number of amides is 1.